The first-order valence-electron chi connectivity index (χ1n) is 2.54. The van der Waals surface area contributed by atoms with Crippen molar-refractivity contribution in [3.63, 3.8) is 0 Å². The van der Waals surface area contributed by atoms with Crippen LogP contribution in [0, 0.1) is 6.92 Å². The molecule has 3 N–H and O–H groups in total. The Morgan fingerprint density at radius 2 is 2.30 bits per heavy atom. The average Bonchev–Trinajstić information content (AvgIpc) is 2.11. The van der Waals surface area contributed by atoms with Gasteiger partial charge in [-0.2, -0.15) is 5.10 Å². The lowest BCUT2D eigenvalue weighted by molar-refractivity contribution is 0.593. The van der Waals surface area contributed by atoms with Crippen molar-refractivity contribution in [2.75, 3.05) is 0 Å². The van der Waals surface area contributed by atoms with E-state index < -0.39 is 10.0 Å². The molecule has 6 heteroatoms. The first-order valence-corrected chi connectivity index (χ1v) is 4.09. The third-order valence-corrected chi connectivity index (χ3v) is 2.05. The Hall–Kier alpha value is -0.880. The predicted molar refractivity (Wildman–Crippen MR) is 34.7 cm³/mol. The summed E-state index contributed by atoms with van der Waals surface area (Å²) in [6, 6.07) is 0. The van der Waals surface area contributed by atoms with Crippen LogP contribution in [0.3, 0.4) is 0 Å². The van der Waals surface area contributed by atoms with E-state index in [0.29, 0.717) is 5.56 Å². The van der Waals surface area contributed by atoms with Crippen LogP contribution < -0.4 is 5.14 Å². The van der Waals surface area contributed by atoms with E-state index in [1.54, 1.807) is 6.92 Å². The smallest absolute Gasteiger partial charge is 0.255 e. The number of aromatic nitrogens is 2. The molecular weight excluding hydrogens is 154 g/mol. The Morgan fingerprint density at radius 1 is 1.70 bits per heavy atom. The summed E-state index contributed by atoms with van der Waals surface area (Å²) >= 11 is 0. The second kappa shape index (κ2) is 2.06. The third kappa shape index (κ3) is 1.17. The molecule has 0 bridgehead atoms. The van der Waals surface area contributed by atoms with E-state index in [0.717, 1.165) is 0 Å². The number of aryl methyl sites for hydroxylation is 1. The van der Waals surface area contributed by atoms with Gasteiger partial charge in [0.1, 0.15) is 0 Å². The zero-order chi connectivity index (χ0) is 7.78. The first kappa shape index (κ1) is 7.23. The van der Waals surface area contributed by atoms with Gasteiger partial charge >= 0.3 is 0 Å². The SMILES string of the molecule is Cc1cn[nH]c1S(N)(=O)=O. The number of aromatic amines is 1. The van der Waals surface area contributed by atoms with Gasteiger partial charge in [-0.15, -0.1) is 0 Å². The van der Waals surface area contributed by atoms with Crippen LogP contribution in [0.4, 0.5) is 0 Å². The number of nitrogens with two attached hydrogens (primary N) is 1. The summed E-state index contributed by atoms with van der Waals surface area (Å²) in [5, 5.41) is 10.6. The predicted octanol–water partition coefficient (Wildman–Crippen LogP) is -0.634. The van der Waals surface area contributed by atoms with Gasteiger partial charge in [0.25, 0.3) is 10.0 Å². The van der Waals surface area contributed by atoms with Gasteiger partial charge in [-0.25, -0.2) is 13.6 Å². The van der Waals surface area contributed by atoms with Crippen molar-refractivity contribution in [3.8, 4) is 0 Å². The summed E-state index contributed by atoms with van der Waals surface area (Å²) in [6.07, 6.45) is 1.40. The van der Waals surface area contributed by atoms with Crippen LogP contribution in [0.5, 0.6) is 0 Å². The molecule has 0 aromatic carbocycles. The third-order valence-electron chi connectivity index (χ3n) is 1.07. The van der Waals surface area contributed by atoms with Crippen molar-refractivity contribution in [2.45, 2.75) is 11.9 Å². The lowest BCUT2D eigenvalue weighted by atomic mass is 10.4. The summed E-state index contributed by atoms with van der Waals surface area (Å²) < 4.78 is 21.2. The molecular formula is C4H7N3O2S. The van der Waals surface area contributed by atoms with Crippen molar-refractivity contribution in [3.05, 3.63) is 11.8 Å². The fraction of sp³-hybridized carbons (Fsp3) is 0.250. The average molecular weight is 161 g/mol. The molecule has 56 valence electrons. The maximum Gasteiger partial charge on any atom is 0.255 e. The highest BCUT2D eigenvalue weighted by molar-refractivity contribution is 7.89. The second-order valence-corrected chi connectivity index (χ2v) is 3.43. The summed E-state index contributed by atoms with van der Waals surface area (Å²) in [7, 11) is -3.61. The number of nitrogens with zero attached hydrogens (tertiary/aromatic N) is 1. The molecule has 0 amide bonds. The van der Waals surface area contributed by atoms with Gasteiger partial charge in [0.05, 0.1) is 6.20 Å². The van der Waals surface area contributed by atoms with E-state index >= 15 is 0 Å². The van der Waals surface area contributed by atoms with Crippen molar-refractivity contribution in [2.24, 2.45) is 5.14 Å². The van der Waals surface area contributed by atoms with Crippen LogP contribution in [0.25, 0.3) is 0 Å². The largest absolute Gasteiger partial charge is 0.266 e. The fourth-order valence-corrected chi connectivity index (χ4v) is 1.30. The van der Waals surface area contributed by atoms with Gasteiger partial charge in [0, 0.05) is 5.56 Å². The van der Waals surface area contributed by atoms with E-state index in [2.05, 4.69) is 10.2 Å². The Balaban J connectivity index is 3.32. The number of nitrogens with one attached hydrogen (secondary N) is 1. The minimum atomic E-state index is -3.61. The van der Waals surface area contributed by atoms with Crippen LogP contribution in [0.1, 0.15) is 5.56 Å². The highest BCUT2D eigenvalue weighted by Gasteiger charge is 2.11. The summed E-state index contributed by atoms with van der Waals surface area (Å²) in [6.45, 7) is 1.61. The highest BCUT2D eigenvalue weighted by Crippen LogP contribution is 2.06. The molecule has 0 unspecified atom stereocenters. The molecule has 0 saturated heterocycles. The maximum atomic E-state index is 10.6. The minimum absolute atomic E-state index is 0.0208. The highest BCUT2D eigenvalue weighted by atomic mass is 32.2. The quantitative estimate of drug-likeness (QED) is 0.574. The molecule has 0 aliphatic heterocycles. The Morgan fingerprint density at radius 3 is 2.50 bits per heavy atom. The number of sulfonamides is 1. The second-order valence-electron chi connectivity index (χ2n) is 1.93. The zero-order valence-corrected chi connectivity index (χ0v) is 6.14. The fourth-order valence-electron chi connectivity index (χ4n) is 0.623. The van der Waals surface area contributed by atoms with Crippen molar-refractivity contribution in [1.29, 1.82) is 0 Å². The molecule has 1 heterocycles. The monoisotopic (exact) mass is 161 g/mol. The van der Waals surface area contributed by atoms with Crippen LogP contribution in [0.2, 0.25) is 0 Å². The Labute approximate surface area is 58.3 Å². The van der Waals surface area contributed by atoms with Gasteiger partial charge < -0.3 is 0 Å². The van der Waals surface area contributed by atoms with E-state index in [9.17, 15) is 8.42 Å². The number of hydrogen-bond acceptors (Lipinski definition) is 3. The topological polar surface area (TPSA) is 88.8 Å². The lowest BCUT2D eigenvalue weighted by Crippen LogP contribution is -2.13. The standard InChI is InChI=1S/C4H7N3O2S/c1-3-2-6-7-4(3)10(5,8)9/h2H,1H3,(H,6,7)(H2,5,8,9). The summed E-state index contributed by atoms with van der Waals surface area (Å²) in [5.41, 5.74) is 0.530. The molecule has 1 aromatic rings. The molecule has 1 rings (SSSR count). The molecule has 5 nitrogen and oxygen atoms in total. The molecule has 0 radical (unpaired) electrons. The van der Waals surface area contributed by atoms with Crippen LogP contribution >= 0.6 is 0 Å². The van der Waals surface area contributed by atoms with Crippen LogP contribution in [0.15, 0.2) is 11.2 Å². The first-order chi connectivity index (χ1) is 4.52. The lowest BCUT2D eigenvalue weighted by Gasteiger charge is -1.91. The molecule has 0 atom stereocenters. The molecule has 0 aliphatic carbocycles. The van der Waals surface area contributed by atoms with E-state index in [4.69, 9.17) is 5.14 Å². The number of primary sulfonamides is 1. The van der Waals surface area contributed by atoms with Gasteiger partial charge in [-0.3, -0.25) is 5.10 Å². The zero-order valence-electron chi connectivity index (χ0n) is 5.33. The Kier molecular flexibility index (Phi) is 1.49. The number of rotatable bonds is 1. The molecule has 10 heavy (non-hydrogen) atoms. The van der Waals surface area contributed by atoms with E-state index in [1.165, 1.54) is 6.20 Å². The van der Waals surface area contributed by atoms with Gasteiger partial charge in [-0.05, 0) is 6.92 Å². The van der Waals surface area contributed by atoms with E-state index in [1.807, 2.05) is 0 Å². The number of hydrogen-bond donors (Lipinski definition) is 2. The van der Waals surface area contributed by atoms with Gasteiger partial charge in [0.15, 0.2) is 5.03 Å². The van der Waals surface area contributed by atoms with Crippen LogP contribution in [-0.2, 0) is 10.0 Å². The van der Waals surface area contributed by atoms with Crippen molar-refractivity contribution >= 4 is 10.0 Å². The van der Waals surface area contributed by atoms with Gasteiger partial charge in [-0.1, -0.05) is 0 Å². The minimum Gasteiger partial charge on any atom is -0.266 e. The summed E-state index contributed by atoms with van der Waals surface area (Å²) in [4.78, 5) is 0. The van der Waals surface area contributed by atoms with Crippen LogP contribution in [-0.4, -0.2) is 18.6 Å². The maximum absolute atomic E-state index is 10.6. The molecule has 0 aliphatic rings. The molecule has 0 saturated carbocycles. The van der Waals surface area contributed by atoms with E-state index in [-0.39, 0.29) is 5.03 Å². The summed E-state index contributed by atoms with van der Waals surface area (Å²) in [5.74, 6) is 0. The van der Waals surface area contributed by atoms with Crippen molar-refractivity contribution < 1.29 is 8.42 Å². The van der Waals surface area contributed by atoms with Gasteiger partial charge in [0.2, 0.25) is 0 Å². The number of H-pyrrole nitrogens is 1. The Bertz CT molecular complexity index is 326. The molecule has 0 spiro atoms. The molecule has 1 aromatic heterocycles. The van der Waals surface area contributed by atoms with Crippen molar-refractivity contribution in [1.82, 2.24) is 10.2 Å². The normalized spacial score (nSPS) is 11.8. The molecule has 0 fully saturated rings.